The Balaban J connectivity index is 1.90. The molecule has 23 heavy (non-hydrogen) atoms. The first-order chi connectivity index (χ1) is 10.9. The van der Waals surface area contributed by atoms with Crippen LogP contribution in [0.5, 0.6) is 5.75 Å². The highest BCUT2D eigenvalue weighted by Crippen LogP contribution is 2.40. The van der Waals surface area contributed by atoms with Gasteiger partial charge in [0, 0.05) is 21.3 Å². The van der Waals surface area contributed by atoms with Crippen molar-refractivity contribution in [3.8, 4) is 5.75 Å². The molecule has 1 aliphatic rings. The number of fused-ring (bicyclic) bond motifs is 1. The van der Waals surface area contributed by atoms with Gasteiger partial charge in [0.2, 0.25) is 0 Å². The zero-order valence-electron chi connectivity index (χ0n) is 12.3. The molecular formula is C17H14BrNO4. The van der Waals surface area contributed by atoms with E-state index in [9.17, 15) is 14.7 Å². The minimum absolute atomic E-state index is 0.321. The number of benzene rings is 2. The summed E-state index contributed by atoms with van der Waals surface area (Å²) >= 11 is 3.31. The number of carbonyl (C=O) groups is 2. The van der Waals surface area contributed by atoms with Crippen LogP contribution >= 0.6 is 15.9 Å². The van der Waals surface area contributed by atoms with E-state index in [0.29, 0.717) is 22.6 Å². The van der Waals surface area contributed by atoms with Gasteiger partial charge in [-0.1, -0.05) is 15.9 Å². The van der Waals surface area contributed by atoms with Crippen molar-refractivity contribution >= 4 is 33.3 Å². The predicted molar refractivity (Wildman–Crippen MR) is 88.6 cm³/mol. The molecule has 0 fully saturated rings. The molecule has 1 amide bonds. The number of nitrogens with one attached hydrogen (secondary N) is 1. The lowest BCUT2D eigenvalue weighted by atomic mass is 9.88. The van der Waals surface area contributed by atoms with Crippen molar-refractivity contribution in [2.75, 3.05) is 12.4 Å². The Labute approximate surface area is 141 Å². The van der Waals surface area contributed by atoms with Gasteiger partial charge in [-0.2, -0.15) is 0 Å². The lowest BCUT2D eigenvalue weighted by Gasteiger charge is -2.20. The van der Waals surface area contributed by atoms with E-state index in [2.05, 4.69) is 21.2 Å². The van der Waals surface area contributed by atoms with E-state index < -0.39 is 11.5 Å². The molecule has 5 nitrogen and oxygen atoms in total. The van der Waals surface area contributed by atoms with Crippen molar-refractivity contribution in [2.24, 2.45) is 0 Å². The Morgan fingerprint density at radius 2 is 1.96 bits per heavy atom. The third-order valence-corrected chi connectivity index (χ3v) is 4.37. The third kappa shape index (κ3) is 2.75. The second-order valence-electron chi connectivity index (χ2n) is 5.33. The van der Waals surface area contributed by atoms with Gasteiger partial charge in [-0.05, 0) is 42.5 Å². The number of aliphatic hydroxyl groups is 1. The Kier molecular flexibility index (Phi) is 3.95. The fourth-order valence-electron chi connectivity index (χ4n) is 2.60. The standard InChI is InChI=1S/C17H14BrNO4/c1-23-12-5-2-10(3-6-12)15(20)9-17(22)13-8-11(18)4-7-14(13)19-16(17)21/h2-8,22H,9H2,1H3,(H,19,21)/t17-/m0/s1. The molecular weight excluding hydrogens is 362 g/mol. The number of hydrogen-bond donors (Lipinski definition) is 2. The van der Waals surface area contributed by atoms with Crippen LogP contribution in [0.2, 0.25) is 0 Å². The molecule has 0 unspecified atom stereocenters. The number of halogens is 1. The number of methoxy groups -OCH3 is 1. The van der Waals surface area contributed by atoms with Crippen LogP contribution in [0.1, 0.15) is 22.3 Å². The zero-order valence-corrected chi connectivity index (χ0v) is 13.9. The molecule has 0 saturated carbocycles. The van der Waals surface area contributed by atoms with Crippen molar-refractivity contribution in [3.05, 3.63) is 58.1 Å². The van der Waals surface area contributed by atoms with Gasteiger partial charge >= 0.3 is 0 Å². The molecule has 1 atom stereocenters. The van der Waals surface area contributed by atoms with Crippen LogP contribution in [0.25, 0.3) is 0 Å². The number of ether oxygens (including phenoxy) is 1. The molecule has 0 spiro atoms. The number of hydrogen-bond acceptors (Lipinski definition) is 4. The van der Waals surface area contributed by atoms with Crippen LogP contribution in [0.3, 0.4) is 0 Å². The topological polar surface area (TPSA) is 75.6 Å². The van der Waals surface area contributed by atoms with Crippen LogP contribution in [0, 0.1) is 0 Å². The first-order valence-corrected chi connectivity index (χ1v) is 7.74. The van der Waals surface area contributed by atoms with E-state index in [0.717, 1.165) is 4.47 Å². The number of carbonyl (C=O) groups excluding carboxylic acids is 2. The molecule has 2 aromatic rings. The van der Waals surface area contributed by atoms with Crippen LogP contribution in [-0.2, 0) is 10.4 Å². The quantitative estimate of drug-likeness (QED) is 0.805. The minimum atomic E-state index is -1.86. The van der Waals surface area contributed by atoms with E-state index in [1.54, 1.807) is 42.5 Å². The Bertz CT molecular complexity index is 788. The average molecular weight is 376 g/mol. The number of Topliss-reactive ketones (excluding diaryl/α,β-unsaturated/α-hetero) is 1. The third-order valence-electron chi connectivity index (χ3n) is 3.88. The maximum absolute atomic E-state index is 12.5. The highest BCUT2D eigenvalue weighted by atomic mass is 79.9. The van der Waals surface area contributed by atoms with Crippen LogP contribution in [0.15, 0.2) is 46.9 Å². The number of rotatable bonds is 4. The lowest BCUT2D eigenvalue weighted by molar-refractivity contribution is -0.133. The van der Waals surface area contributed by atoms with Gasteiger partial charge in [0.15, 0.2) is 11.4 Å². The van der Waals surface area contributed by atoms with Gasteiger partial charge in [0.1, 0.15) is 5.75 Å². The first kappa shape index (κ1) is 15.7. The Morgan fingerprint density at radius 3 is 2.61 bits per heavy atom. The van der Waals surface area contributed by atoms with E-state index in [1.807, 2.05) is 0 Å². The number of anilines is 1. The normalized spacial score (nSPS) is 19.2. The number of ketones is 1. The predicted octanol–water partition coefficient (Wildman–Crippen LogP) is 2.87. The monoisotopic (exact) mass is 375 g/mol. The molecule has 1 aliphatic heterocycles. The summed E-state index contributed by atoms with van der Waals surface area (Å²) in [7, 11) is 1.54. The Hall–Kier alpha value is -2.18. The highest BCUT2D eigenvalue weighted by Gasteiger charge is 2.46. The summed E-state index contributed by atoms with van der Waals surface area (Å²) in [5, 5.41) is 13.4. The molecule has 1 heterocycles. The summed E-state index contributed by atoms with van der Waals surface area (Å²) in [6.45, 7) is 0. The van der Waals surface area contributed by atoms with Gasteiger partial charge in [0.05, 0.1) is 13.5 Å². The minimum Gasteiger partial charge on any atom is -0.497 e. The molecule has 118 valence electrons. The Morgan fingerprint density at radius 1 is 1.26 bits per heavy atom. The summed E-state index contributed by atoms with van der Waals surface area (Å²) in [6, 6.07) is 11.6. The molecule has 6 heteroatoms. The molecule has 0 aliphatic carbocycles. The average Bonchev–Trinajstić information content (AvgIpc) is 2.79. The maximum Gasteiger partial charge on any atom is 0.261 e. The van der Waals surface area contributed by atoms with Crippen molar-refractivity contribution in [2.45, 2.75) is 12.0 Å². The molecule has 0 bridgehead atoms. The van der Waals surface area contributed by atoms with Gasteiger partial charge in [-0.25, -0.2) is 0 Å². The molecule has 0 saturated heterocycles. The van der Waals surface area contributed by atoms with Crippen molar-refractivity contribution in [1.82, 2.24) is 0 Å². The fraction of sp³-hybridized carbons (Fsp3) is 0.176. The second-order valence-corrected chi connectivity index (χ2v) is 6.25. The summed E-state index contributed by atoms with van der Waals surface area (Å²) in [6.07, 6.45) is -0.325. The van der Waals surface area contributed by atoms with Gasteiger partial charge in [0.25, 0.3) is 5.91 Å². The lowest BCUT2D eigenvalue weighted by Crippen LogP contribution is -2.36. The second kappa shape index (κ2) is 5.79. The van der Waals surface area contributed by atoms with Crippen molar-refractivity contribution < 1.29 is 19.4 Å². The zero-order chi connectivity index (χ0) is 16.6. The van der Waals surface area contributed by atoms with Gasteiger partial charge in [-0.15, -0.1) is 0 Å². The van der Waals surface area contributed by atoms with Gasteiger partial charge in [-0.3, -0.25) is 9.59 Å². The van der Waals surface area contributed by atoms with E-state index in [1.165, 1.54) is 7.11 Å². The van der Waals surface area contributed by atoms with Crippen LogP contribution in [-0.4, -0.2) is 23.9 Å². The number of amides is 1. The molecule has 0 radical (unpaired) electrons. The SMILES string of the molecule is COc1ccc(C(=O)C[C@@]2(O)C(=O)Nc3ccc(Br)cc32)cc1. The van der Waals surface area contributed by atoms with E-state index in [-0.39, 0.29) is 12.2 Å². The summed E-state index contributed by atoms with van der Waals surface area (Å²) in [5.41, 5.74) is -0.534. The smallest absolute Gasteiger partial charge is 0.261 e. The van der Waals surface area contributed by atoms with E-state index in [4.69, 9.17) is 4.74 Å². The van der Waals surface area contributed by atoms with Crippen molar-refractivity contribution in [1.29, 1.82) is 0 Å². The molecule has 2 aromatic carbocycles. The largest absolute Gasteiger partial charge is 0.497 e. The summed E-state index contributed by atoms with van der Waals surface area (Å²) in [4.78, 5) is 24.6. The van der Waals surface area contributed by atoms with Gasteiger partial charge < -0.3 is 15.2 Å². The van der Waals surface area contributed by atoms with E-state index >= 15 is 0 Å². The summed E-state index contributed by atoms with van der Waals surface area (Å²) in [5.74, 6) is -0.279. The fourth-order valence-corrected chi connectivity index (χ4v) is 2.96. The summed E-state index contributed by atoms with van der Waals surface area (Å²) < 4.78 is 5.77. The van der Waals surface area contributed by atoms with Crippen molar-refractivity contribution in [3.63, 3.8) is 0 Å². The van der Waals surface area contributed by atoms with Crippen LogP contribution in [0.4, 0.5) is 5.69 Å². The molecule has 3 rings (SSSR count). The molecule has 2 N–H and O–H groups in total. The highest BCUT2D eigenvalue weighted by molar-refractivity contribution is 9.10. The molecule has 0 aromatic heterocycles. The maximum atomic E-state index is 12.5. The van der Waals surface area contributed by atoms with Crippen LogP contribution < -0.4 is 10.1 Å². The first-order valence-electron chi connectivity index (χ1n) is 6.95.